The van der Waals surface area contributed by atoms with Gasteiger partial charge in [0.2, 0.25) is 10.0 Å². The molecule has 3 aromatic rings. The number of rotatable bonds is 5. The molecule has 0 aliphatic carbocycles. The van der Waals surface area contributed by atoms with E-state index in [9.17, 15) is 26.4 Å². The Hall–Kier alpha value is -3.03. The van der Waals surface area contributed by atoms with Gasteiger partial charge in [0, 0.05) is 24.8 Å². The van der Waals surface area contributed by atoms with E-state index in [4.69, 9.17) is 4.74 Å². The smallest absolute Gasteiger partial charge is 0.373 e. The number of pyridine rings is 1. The zero-order valence-corrected chi connectivity index (χ0v) is 19.1. The van der Waals surface area contributed by atoms with Gasteiger partial charge in [-0.05, 0) is 44.2 Å². The lowest BCUT2D eigenvalue weighted by Crippen LogP contribution is -2.48. The number of sulfonamides is 1. The summed E-state index contributed by atoms with van der Waals surface area (Å²) in [5, 5.41) is 10.2. The Morgan fingerprint density at radius 3 is 2.53 bits per heavy atom. The Balaban J connectivity index is 1.51. The minimum absolute atomic E-state index is 0.0378. The molecular weight excluding hydrogens is 475 g/mol. The van der Waals surface area contributed by atoms with Gasteiger partial charge in [-0.3, -0.25) is 9.20 Å². The number of nitrogens with one attached hydrogen (secondary N) is 1. The fraction of sp³-hybridized carbons (Fsp3) is 0.381. The second-order valence-corrected chi connectivity index (χ2v) is 9.99. The summed E-state index contributed by atoms with van der Waals surface area (Å²) in [5.74, 6) is -0.515. The molecule has 1 saturated heterocycles. The van der Waals surface area contributed by atoms with Crippen LogP contribution >= 0.6 is 0 Å². The van der Waals surface area contributed by atoms with Crippen LogP contribution in [-0.2, 0) is 27.5 Å². The molecule has 2 unspecified atom stereocenters. The Labute approximate surface area is 193 Å². The summed E-state index contributed by atoms with van der Waals surface area (Å²) >= 11 is 0. The molecule has 4 rings (SSSR count). The standard InChI is InChI=1S/C21H22F3N5O4S/c1-13-10-28(11-14(2)33-13)34(31,32)17-5-3-4-15(8-17)20(30)25-9-19-27-26-18-7-6-16(12-29(18)19)21(22,23)24/h3-8,12-14H,9-11H2,1-2H3,(H,25,30). The molecule has 182 valence electrons. The monoisotopic (exact) mass is 497 g/mol. The number of aromatic nitrogens is 3. The fourth-order valence-corrected chi connectivity index (χ4v) is 5.40. The van der Waals surface area contributed by atoms with Crippen molar-refractivity contribution >= 4 is 21.6 Å². The third-order valence-corrected chi connectivity index (χ3v) is 7.16. The maximum Gasteiger partial charge on any atom is 0.417 e. The van der Waals surface area contributed by atoms with Crippen LogP contribution in [0.25, 0.3) is 5.65 Å². The van der Waals surface area contributed by atoms with Crippen molar-refractivity contribution in [2.24, 2.45) is 0 Å². The molecule has 0 radical (unpaired) electrons. The molecule has 0 saturated carbocycles. The fourth-order valence-electron chi connectivity index (χ4n) is 3.76. The van der Waals surface area contributed by atoms with Crippen LogP contribution in [0.15, 0.2) is 47.5 Å². The maximum absolute atomic E-state index is 13.1. The molecule has 1 aliphatic heterocycles. The van der Waals surface area contributed by atoms with Crippen LogP contribution in [0.3, 0.4) is 0 Å². The van der Waals surface area contributed by atoms with Crippen molar-refractivity contribution in [1.29, 1.82) is 0 Å². The summed E-state index contributed by atoms with van der Waals surface area (Å²) in [4.78, 5) is 12.6. The molecule has 3 heterocycles. The first-order valence-electron chi connectivity index (χ1n) is 10.4. The number of morpholine rings is 1. The zero-order chi connectivity index (χ0) is 24.7. The van der Waals surface area contributed by atoms with Crippen LogP contribution in [0.5, 0.6) is 0 Å². The molecule has 0 spiro atoms. The average molecular weight is 497 g/mol. The van der Waals surface area contributed by atoms with Crippen LogP contribution < -0.4 is 5.32 Å². The number of nitrogens with zero attached hydrogens (tertiary/aromatic N) is 4. The number of benzene rings is 1. The van der Waals surface area contributed by atoms with E-state index in [2.05, 4.69) is 15.5 Å². The number of amides is 1. The number of carbonyl (C=O) groups excluding carboxylic acids is 1. The summed E-state index contributed by atoms with van der Waals surface area (Å²) in [6.45, 7) is 3.75. The van der Waals surface area contributed by atoms with Crippen molar-refractivity contribution in [2.75, 3.05) is 13.1 Å². The lowest BCUT2D eigenvalue weighted by molar-refractivity contribution is -0.137. The first-order valence-corrected chi connectivity index (χ1v) is 11.8. The minimum atomic E-state index is -4.54. The second kappa shape index (κ2) is 8.96. The third kappa shape index (κ3) is 4.91. The van der Waals surface area contributed by atoms with Crippen molar-refractivity contribution in [3.8, 4) is 0 Å². The Bertz CT molecular complexity index is 1320. The van der Waals surface area contributed by atoms with Crippen LogP contribution in [0, 0.1) is 0 Å². The van der Waals surface area contributed by atoms with Gasteiger partial charge in [-0.25, -0.2) is 8.42 Å². The van der Waals surface area contributed by atoms with E-state index in [1.54, 1.807) is 13.8 Å². The van der Waals surface area contributed by atoms with Crippen LogP contribution in [0.1, 0.15) is 35.6 Å². The van der Waals surface area contributed by atoms with E-state index in [0.29, 0.717) is 0 Å². The van der Waals surface area contributed by atoms with Gasteiger partial charge in [0.1, 0.15) is 0 Å². The van der Waals surface area contributed by atoms with Crippen LogP contribution in [0.2, 0.25) is 0 Å². The van der Waals surface area contributed by atoms with Gasteiger partial charge in [-0.2, -0.15) is 17.5 Å². The summed E-state index contributed by atoms with van der Waals surface area (Å²) in [6, 6.07) is 7.65. The van der Waals surface area contributed by atoms with Gasteiger partial charge < -0.3 is 10.1 Å². The number of alkyl halides is 3. The van der Waals surface area contributed by atoms with E-state index in [-0.39, 0.29) is 53.8 Å². The molecule has 2 atom stereocenters. The normalized spacial score (nSPS) is 19.9. The molecule has 2 aromatic heterocycles. The van der Waals surface area contributed by atoms with Crippen molar-refractivity contribution in [3.63, 3.8) is 0 Å². The predicted octanol–water partition coefficient (Wildman–Crippen LogP) is 2.48. The highest BCUT2D eigenvalue weighted by Gasteiger charge is 2.33. The second-order valence-electron chi connectivity index (χ2n) is 8.05. The molecule has 1 amide bonds. The summed E-state index contributed by atoms with van der Waals surface area (Å²) < 4.78 is 73.3. The minimum Gasteiger partial charge on any atom is -0.373 e. The highest BCUT2D eigenvalue weighted by atomic mass is 32.2. The molecule has 0 bridgehead atoms. The molecule has 34 heavy (non-hydrogen) atoms. The number of hydrogen-bond acceptors (Lipinski definition) is 6. The molecule has 1 aromatic carbocycles. The largest absolute Gasteiger partial charge is 0.417 e. The van der Waals surface area contributed by atoms with Gasteiger partial charge in [0.05, 0.1) is 29.2 Å². The summed E-state index contributed by atoms with van der Waals surface area (Å²) in [5.41, 5.74) is -0.600. The van der Waals surface area contributed by atoms with E-state index in [0.717, 1.165) is 16.7 Å². The first-order chi connectivity index (χ1) is 15.9. The van der Waals surface area contributed by atoms with Gasteiger partial charge >= 0.3 is 6.18 Å². The first kappa shape index (κ1) is 24.1. The number of fused-ring (bicyclic) bond motifs is 1. The summed E-state index contributed by atoms with van der Waals surface area (Å²) in [6.07, 6.45) is -4.21. The van der Waals surface area contributed by atoms with E-state index < -0.39 is 27.7 Å². The van der Waals surface area contributed by atoms with Crippen LogP contribution in [0.4, 0.5) is 13.2 Å². The molecule has 13 heteroatoms. The molecule has 1 aliphatic rings. The maximum atomic E-state index is 13.1. The third-order valence-electron chi connectivity index (χ3n) is 5.33. The molecule has 1 N–H and O–H groups in total. The van der Waals surface area contributed by atoms with Gasteiger partial charge in [-0.15, -0.1) is 10.2 Å². The Morgan fingerprint density at radius 1 is 1.15 bits per heavy atom. The quantitative estimate of drug-likeness (QED) is 0.581. The molecule has 9 nitrogen and oxygen atoms in total. The molecular formula is C21H22F3N5O4S. The van der Waals surface area contributed by atoms with Crippen LogP contribution in [-0.4, -0.2) is 58.5 Å². The predicted molar refractivity (Wildman–Crippen MR) is 114 cm³/mol. The highest BCUT2D eigenvalue weighted by molar-refractivity contribution is 7.89. The lowest BCUT2D eigenvalue weighted by atomic mass is 10.2. The van der Waals surface area contributed by atoms with E-state index in [1.165, 1.54) is 34.6 Å². The van der Waals surface area contributed by atoms with Crippen molar-refractivity contribution in [3.05, 3.63) is 59.5 Å². The van der Waals surface area contributed by atoms with Gasteiger partial charge in [-0.1, -0.05) is 6.07 Å². The number of halogens is 3. The average Bonchev–Trinajstić information content (AvgIpc) is 3.18. The SMILES string of the molecule is CC1CN(S(=O)(=O)c2cccc(C(=O)NCc3nnc4ccc(C(F)(F)F)cn34)c2)CC(C)O1. The van der Waals surface area contributed by atoms with Crippen molar-refractivity contribution in [2.45, 2.75) is 43.7 Å². The number of carbonyl (C=O) groups is 1. The molecule has 1 fully saturated rings. The highest BCUT2D eigenvalue weighted by Crippen LogP contribution is 2.29. The van der Waals surface area contributed by atoms with E-state index >= 15 is 0 Å². The lowest BCUT2D eigenvalue weighted by Gasteiger charge is -2.34. The zero-order valence-electron chi connectivity index (χ0n) is 18.3. The number of ether oxygens (including phenoxy) is 1. The van der Waals surface area contributed by atoms with Gasteiger partial charge in [0.25, 0.3) is 5.91 Å². The Morgan fingerprint density at radius 2 is 1.85 bits per heavy atom. The summed E-state index contributed by atoms with van der Waals surface area (Å²) in [7, 11) is -3.85. The van der Waals surface area contributed by atoms with Crippen molar-refractivity contribution < 1.29 is 31.1 Å². The van der Waals surface area contributed by atoms with Gasteiger partial charge in [0.15, 0.2) is 11.5 Å². The van der Waals surface area contributed by atoms with Crippen molar-refractivity contribution in [1.82, 2.24) is 24.2 Å². The Kier molecular flexibility index (Phi) is 6.36. The number of hydrogen-bond donors (Lipinski definition) is 1. The topological polar surface area (TPSA) is 106 Å². The van der Waals surface area contributed by atoms with E-state index in [1.807, 2.05) is 0 Å².